The summed E-state index contributed by atoms with van der Waals surface area (Å²) < 4.78 is 28.2. The van der Waals surface area contributed by atoms with Crippen LogP contribution in [0.15, 0.2) is 30.3 Å². The average Bonchev–Trinajstić information content (AvgIpc) is 2.90. The molecule has 0 N–H and O–H groups in total. The normalized spacial score (nSPS) is 20.4. The van der Waals surface area contributed by atoms with Crippen LogP contribution < -0.4 is 18.9 Å². The number of hydrogen-bond acceptors (Lipinski definition) is 8. The van der Waals surface area contributed by atoms with Crippen molar-refractivity contribution in [3.8, 4) is 23.0 Å². The fraction of sp³-hybridized carbons (Fsp3) is 0.433. The summed E-state index contributed by atoms with van der Waals surface area (Å²) in [5.74, 6) is 0.597. The van der Waals surface area contributed by atoms with E-state index in [1.807, 2.05) is 25.1 Å². The number of ether oxygens (including phenoxy) is 5. The highest BCUT2D eigenvalue weighted by atomic mass is 16.5. The molecular formula is C30H34O8. The molecule has 4 rings (SSSR count). The van der Waals surface area contributed by atoms with Gasteiger partial charge >= 0.3 is 11.9 Å². The predicted octanol–water partition coefficient (Wildman–Crippen LogP) is 5.64. The van der Waals surface area contributed by atoms with Gasteiger partial charge in [-0.1, -0.05) is 18.2 Å². The van der Waals surface area contributed by atoms with Crippen LogP contribution in [0.5, 0.6) is 23.0 Å². The van der Waals surface area contributed by atoms with Crippen LogP contribution in [-0.2, 0) is 14.3 Å². The van der Waals surface area contributed by atoms with Gasteiger partial charge in [0.1, 0.15) is 22.8 Å². The van der Waals surface area contributed by atoms with E-state index in [9.17, 15) is 14.4 Å². The third-order valence-electron chi connectivity index (χ3n) is 6.97. The molecule has 2 atom stereocenters. The van der Waals surface area contributed by atoms with Gasteiger partial charge in [-0.2, -0.15) is 0 Å². The van der Waals surface area contributed by atoms with E-state index in [-0.39, 0.29) is 29.8 Å². The minimum Gasteiger partial charge on any atom is -0.495 e. The lowest BCUT2D eigenvalue weighted by Crippen LogP contribution is -2.24. The third kappa shape index (κ3) is 5.85. The van der Waals surface area contributed by atoms with Crippen LogP contribution >= 0.6 is 0 Å². The van der Waals surface area contributed by atoms with E-state index in [1.54, 1.807) is 32.4 Å². The number of carbonyl (C=O) groups is 3. The summed E-state index contributed by atoms with van der Waals surface area (Å²) in [5.41, 5.74) is 2.21. The summed E-state index contributed by atoms with van der Waals surface area (Å²) in [6, 6.07) is 7.15. The van der Waals surface area contributed by atoms with Crippen molar-refractivity contribution in [2.24, 2.45) is 0 Å². The molecule has 2 aromatic rings. The first-order valence-electron chi connectivity index (χ1n) is 12.9. The molecule has 38 heavy (non-hydrogen) atoms. The smallest absolute Gasteiger partial charge is 0.342 e. The van der Waals surface area contributed by atoms with Gasteiger partial charge in [-0.15, -0.1) is 0 Å². The molecule has 2 aliphatic heterocycles. The molecule has 2 aromatic carbocycles. The van der Waals surface area contributed by atoms with Crippen LogP contribution in [0.3, 0.4) is 0 Å². The fourth-order valence-corrected chi connectivity index (χ4v) is 5.06. The van der Waals surface area contributed by atoms with Crippen LogP contribution in [0, 0.1) is 0 Å². The Kier molecular flexibility index (Phi) is 8.71. The van der Waals surface area contributed by atoms with E-state index in [0.29, 0.717) is 66.2 Å². The first kappa shape index (κ1) is 27.2. The Morgan fingerprint density at radius 2 is 1.68 bits per heavy atom. The van der Waals surface area contributed by atoms with Gasteiger partial charge in [0, 0.05) is 24.3 Å². The standard InChI is InChI=1S/C30H34O8/c1-18-9-8-12-21(31)11-7-5-6-10-20-16-25-28(29(36-4)27(20)30(33)37-18)22(17-26(32)38-25)19-13-14-23(34-2)24(15-19)35-3/h6,10,13-16,18,22H,5,7-9,11-12,17H2,1-4H3/t18-,22+/m1/s1. The van der Waals surface area contributed by atoms with E-state index in [1.165, 1.54) is 7.11 Å². The summed E-state index contributed by atoms with van der Waals surface area (Å²) >= 11 is 0. The summed E-state index contributed by atoms with van der Waals surface area (Å²) in [6.45, 7) is 1.82. The highest BCUT2D eigenvalue weighted by molar-refractivity contribution is 5.99. The van der Waals surface area contributed by atoms with Gasteiger partial charge in [0.25, 0.3) is 0 Å². The monoisotopic (exact) mass is 522 g/mol. The predicted molar refractivity (Wildman–Crippen MR) is 141 cm³/mol. The largest absolute Gasteiger partial charge is 0.495 e. The molecule has 0 amide bonds. The van der Waals surface area contributed by atoms with Gasteiger partial charge in [0.15, 0.2) is 11.5 Å². The molecular weight excluding hydrogens is 488 g/mol. The number of hydrogen-bond donors (Lipinski definition) is 0. The molecule has 0 radical (unpaired) electrons. The van der Waals surface area contributed by atoms with Crippen molar-refractivity contribution in [3.63, 3.8) is 0 Å². The number of Topliss-reactive ketones (excluding diaryl/α,β-unsaturated/α-hetero) is 1. The van der Waals surface area contributed by atoms with Gasteiger partial charge < -0.3 is 23.7 Å². The molecule has 0 fully saturated rings. The Hall–Kier alpha value is -3.81. The van der Waals surface area contributed by atoms with Crippen LogP contribution in [0.1, 0.15) is 84.8 Å². The molecule has 8 heteroatoms. The van der Waals surface area contributed by atoms with Crippen molar-refractivity contribution in [2.75, 3.05) is 21.3 Å². The van der Waals surface area contributed by atoms with Crippen molar-refractivity contribution >= 4 is 23.8 Å². The molecule has 0 saturated carbocycles. The number of allylic oxidation sites excluding steroid dienone is 1. The number of esters is 2. The molecule has 0 bridgehead atoms. The summed E-state index contributed by atoms with van der Waals surface area (Å²) in [7, 11) is 4.60. The van der Waals surface area contributed by atoms with E-state index >= 15 is 0 Å². The van der Waals surface area contributed by atoms with Crippen LogP contribution in [-0.4, -0.2) is 45.2 Å². The van der Waals surface area contributed by atoms with Crippen molar-refractivity contribution in [1.29, 1.82) is 0 Å². The topological polar surface area (TPSA) is 97.4 Å². The highest BCUT2D eigenvalue weighted by Crippen LogP contribution is 2.48. The maximum absolute atomic E-state index is 13.6. The second-order valence-electron chi connectivity index (χ2n) is 9.57. The Morgan fingerprint density at radius 3 is 2.42 bits per heavy atom. The van der Waals surface area contributed by atoms with E-state index in [2.05, 4.69) is 0 Å². The van der Waals surface area contributed by atoms with Crippen LogP contribution in [0.2, 0.25) is 0 Å². The van der Waals surface area contributed by atoms with Crippen LogP contribution in [0.25, 0.3) is 6.08 Å². The Labute approximate surface area is 222 Å². The summed E-state index contributed by atoms with van der Waals surface area (Å²) in [4.78, 5) is 38.4. The molecule has 0 saturated heterocycles. The third-order valence-corrected chi connectivity index (χ3v) is 6.97. The number of carbonyl (C=O) groups excluding carboxylic acids is 3. The number of rotatable bonds is 4. The van der Waals surface area contributed by atoms with Crippen molar-refractivity contribution in [2.45, 2.75) is 63.9 Å². The second kappa shape index (κ2) is 12.2. The minimum absolute atomic E-state index is 0.0624. The molecule has 0 aromatic heterocycles. The maximum atomic E-state index is 13.6. The van der Waals surface area contributed by atoms with Gasteiger partial charge in [-0.05, 0) is 61.9 Å². The zero-order valence-electron chi connectivity index (χ0n) is 22.3. The van der Waals surface area contributed by atoms with Gasteiger partial charge in [0.2, 0.25) is 0 Å². The first-order valence-corrected chi connectivity index (χ1v) is 12.9. The zero-order valence-corrected chi connectivity index (χ0v) is 22.3. The molecule has 2 heterocycles. The molecule has 0 unspecified atom stereocenters. The summed E-state index contributed by atoms with van der Waals surface area (Å²) in [6.07, 6.45) is 7.04. The molecule has 0 aliphatic carbocycles. The lowest BCUT2D eigenvalue weighted by molar-refractivity contribution is -0.135. The maximum Gasteiger partial charge on any atom is 0.342 e. The van der Waals surface area contributed by atoms with Gasteiger partial charge in [-0.25, -0.2) is 4.79 Å². The van der Waals surface area contributed by atoms with E-state index in [0.717, 1.165) is 12.0 Å². The van der Waals surface area contributed by atoms with Crippen molar-refractivity contribution < 1.29 is 38.1 Å². The highest BCUT2D eigenvalue weighted by Gasteiger charge is 2.36. The van der Waals surface area contributed by atoms with E-state index < -0.39 is 11.9 Å². The lowest BCUT2D eigenvalue weighted by Gasteiger charge is -2.29. The van der Waals surface area contributed by atoms with Gasteiger partial charge in [-0.3, -0.25) is 9.59 Å². The molecule has 8 nitrogen and oxygen atoms in total. The number of cyclic esters (lactones) is 1. The SMILES string of the molecule is COc1ccc([C@@H]2CC(=O)Oc3cc4c(c(OC)c32)C(=O)O[C@H](C)CCCC(=O)CCCC=C4)cc1OC. The molecule has 0 spiro atoms. The number of methoxy groups -OCH3 is 3. The fourth-order valence-electron chi connectivity index (χ4n) is 5.06. The summed E-state index contributed by atoms with van der Waals surface area (Å²) in [5, 5.41) is 0. The molecule has 202 valence electrons. The average molecular weight is 523 g/mol. The van der Waals surface area contributed by atoms with Crippen LogP contribution in [0.4, 0.5) is 0 Å². The number of fused-ring (bicyclic) bond motifs is 2. The first-order chi connectivity index (χ1) is 18.4. The van der Waals surface area contributed by atoms with E-state index in [4.69, 9.17) is 23.7 Å². The van der Waals surface area contributed by atoms with Crippen molar-refractivity contribution in [1.82, 2.24) is 0 Å². The Morgan fingerprint density at radius 1 is 0.921 bits per heavy atom. The van der Waals surface area contributed by atoms with Gasteiger partial charge in [0.05, 0.1) is 33.9 Å². The van der Waals surface area contributed by atoms with Crippen molar-refractivity contribution in [3.05, 3.63) is 52.6 Å². The second-order valence-corrected chi connectivity index (χ2v) is 9.57. The quantitative estimate of drug-likeness (QED) is 0.376. The molecule has 2 aliphatic rings. The number of ketones is 1. The number of benzene rings is 2. The Bertz CT molecular complexity index is 1250. The minimum atomic E-state index is -0.525. The zero-order chi connectivity index (χ0) is 27.2. The lowest BCUT2D eigenvalue weighted by atomic mass is 9.83. The Balaban J connectivity index is 1.86.